The first kappa shape index (κ1) is 12.1. The molecule has 92 valence electrons. The van der Waals surface area contributed by atoms with E-state index in [0.717, 1.165) is 18.4 Å². The fourth-order valence-corrected chi connectivity index (χ4v) is 2.59. The number of methoxy groups -OCH3 is 1. The molecule has 0 radical (unpaired) electrons. The van der Waals surface area contributed by atoms with E-state index in [0.29, 0.717) is 6.42 Å². The molecule has 0 unspecified atom stereocenters. The monoisotopic (exact) mass is 234 g/mol. The van der Waals surface area contributed by atoms with Gasteiger partial charge in [0.25, 0.3) is 0 Å². The molecule has 3 nitrogen and oxygen atoms in total. The van der Waals surface area contributed by atoms with Crippen LogP contribution in [0.1, 0.15) is 35.6 Å². The molecule has 1 N–H and O–H groups in total. The lowest BCUT2D eigenvalue weighted by Crippen LogP contribution is -2.17. The molecule has 0 fully saturated rings. The Morgan fingerprint density at radius 2 is 2.24 bits per heavy atom. The van der Waals surface area contributed by atoms with Crippen LogP contribution in [0.5, 0.6) is 0 Å². The van der Waals surface area contributed by atoms with Crippen LogP contribution in [-0.2, 0) is 16.0 Å². The van der Waals surface area contributed by atoms with Crippen molar-refractivity contribution >= 4 is 5.97 Å². The molecule has 0 heterocycles. The Morgan fingerprint density at radius 3 is 2.94 bits per heavy atom. The Kier molecular flexibility index (Phi) is 3.48. The van der Waals surface area contributed by atoms with E-state index < -0.39 is 6.10 Å². The van der Waals surface area contributed by atoms with Crippen LogP contribution in [0.4, 0.5) is 0 Å². The van der Waals surface area contributed by atoms with E-state index in [1.807, 2.05) is 25.1 Å². The van der Waals surface area contributed by atoms with Crippen LogP contribution < -0.4 is 0 Å². The molecule has 3 heteroatoms. The fraction of sp³-hybridized carbons (Fsp3) is 0.500. The second-order valence-electron chi connectivity index (χ2n) is 4.65. The zero-order valence-corrected chi connectivity index (χ0v) is 10.3. The molecule has 0 aliphatic heterocycles. The predicted octanol–water partition coefficient (Wildman–Crippen LogP) is 2.15. The lowest BCUT2D eigenvalue weighted by atomic mass is 9.97. The van der Waals surface area contributed by atoms with Gasteiger partial charge in [0, 0.05) is 0 Å². The lowest BCUT2D eigenvalue weighted by molar-refractivity contribution is -0.146. The van der Waals surface area contributed by atoms with Crippen molar-refractivity contribution in [3.8, 4) is 0 Å². The highest BCUT2D eigenvalue weighted by molar-refractivity contribution is 5.72. The Bertz CT molecular complexity index is 425. The molecule has 0 bridgehead atoms. The number of hydrogen-bond donors (Lipinski definition) is 1. The first-order valence-electron chi connectivity index (χ1n) is 5.97. The van der Waals surface area contributed by atoms with E-state index in [1.165, 1.54) is 18.2 Å². The van der Waals surface area contributed by atoms with E-state index in [9.17, 15) is 9.90 Å². The first-order valence-corrected chi connectivity index (χ1v) is 5.97. The van der Waals surface area contributed by atoms with Gasteiger partial charge in [-0.3, -0.25) is 4.79 Å². The van der Waals surface area contributed by atoms with Crippen LogP contribution in [0.15, 0.2) is 18.2 Å². The third-order valence-electron chi connectivity index (χ3n) is 3.59. The summed E-state index contributed by atoms with van der Waals surface area (Å²) in [5.41, 5.74) is 3.34. The fourth-order valence-electron chi connectivity index (χ4n) is 2.59. The summed E-state index contributed by atoms with van der Waals surface area (Å²) in [6.45, 7) is 2.05. The average Bonchev–Trinajstić information content (AvgIpc) is 2.50. The second kappa shape index (κ2) is 4.88. The van der Waals surface area contributed by atoms with Gasteiger partial charge in [-0.2, -0.15) is 0 Å². The quantitative estimate of drug-likeness (QED) is 0.598. The molecule has 0 spiro atoms. The van der Waals surface area contributed by atoms with Crippen molar-refractivity contribution in [3.05, 3.63) is 34.9 Å². The first-order chi connectivity index (χ1) is 8.13. The zero-order chi connectivity index (χ0) is 12.4. The molecule has 0 saturated carbocycles. The Morgan fingerprint density at radius 1 is 1.47 bits per heavy atom. The van der Waals surface area contributed by atoms with Gasteiger partial charge in [0.2, 0.25) is 0 Å². The van der Waals surface area contributed by atoms with Crippen LogP contribution in [0.3, 0.4) is 0 Å². The van der Waals surface area contributed by atoms with Crippen molar-refractivity contribution < 1.29 is 14.6 Å². The highest BCUT2D eigenvalue weighted by Crippen LogP contribution is 2.33. The van der Waals surface area contributed by atoms with Crippen LogP contribution in [0.25, 0.3) is 0 Å². The zero-order valence-electron chi connectivity index (χ0n) is 10.3. The van der Waals surface area contributed by atoms with Crippen molar-refractivity contribution in [2.24, 2.45) is 5.92 Å². The van der Waals surface area contributed by atoms with Crippen molar-refractivity contribution in [1.82, 2.24) is 0 Å². The third kappa shape index (κ3) is 2.34. The number of aliphatic hydroxyl groups is 1. The predicted molar refractivity (Wildman–Crippen MR) is 64.6 cm³/mol. The number of benzene rings is 1. The maximum atomic E-state index is 11.6. The minimum Gasteiger partial charge on any atom is -0.469 e. The number of aliphatic hydroxyl groups excluding tert-OH is 1. The van der Waals surface area contributed by atoms with E-state index in [2.05, 4.69) is 0 Å². The molecule has 1 aromatic rings. The van der Waals surface area contributed by atoms with E-state index in [1.54, 1.807) is 0 Å². The molecule has 2 rings (SSSR count). The number of ether oxygens (including phenoxy) is 1. The maximum absolute atomic E-state index is 11.6. The van der Waals surface area contributed by atoms with Gasteiger partial charge in [0.15, 0.2) is 0 Å². The molecule has 1 aliphatic carbocycles. The second-order valence-corrected chi connectivity index (χ2v) is 4.65. The van der Waals surface area contributed by atoms with Crippen molar-refractivity contribution in [2.45, 2.75) is 32.3 Å². The number of carbonyl (C=O) groups excluding carboxylic acids is 1. The normalized spacial score (nSPS) is 23.7. The number of carbonyl (C=O) groups is 1. The molecule has 0 amide bonds. The maximum Gasteiger partial charge on any atom is 0.308 e. The lowest BCUT2D eigenvalue weighted by Gasteiger charge is -2.15. The van der Waals surface area contributed by atoms with Crippen molar-refractivity contribution in [3.63, 3.8) is 0 Å². The topological polar surface area (TPSA) is 46.5 Å². The van der Waals surface area contributed by atoms with Gasteiger partial charge in [-0.1, -0.05) is 18.2 Å². The number of esters is 1. The number of fused-ring (bicyclic) bond motifs is 1. The average molecular weight is 234 g/mol. The molecule has 1 aromatic carbocycles. The van der Waals surface area contributed by atoms with Gasteiger partial charge >= 0.3 is 5.97 Å². The van der Waals surface area contributed by atoms with Gasteiger partial charge in [0.05, 0.1) is 19.1 Å². The molecule has 1 aliphatic rings. The molecule has 0 aromatic heterocycles. The number of rotatable bonds is 1. The molecule has 2 atom stereocenters. The largest absolute Gasteiger partial charge is 0.469 e. The van der Waals surface area contributed by atoms with Crippen molar-refractivity contribution in [2.75, 3.05) is 7.11 Å². The van der Waals surface area contributed by atoms with Gasteiger partial charge in [-0.05, 0) is 42.9 Å². The summed E-state index contributed by atoms with van der Waals surface area (Å²) in [5.74, 6) is -0.406. The highest BCUT2D eigenvalue weighted by Gasteiger charge is 2.28. The van der Waals surface area contributed by atoms with Gasteiger partial charge < -0.3 is 9.84 Å². The van der Waals surface area contributed by atoms with E-state index in [-0.39, 0.29) is 11.9 Å². The Hall–Kier alpha value is -1.35. The number of aryl methyl sites for hydroxylation is 1. The summed E-state index contributed by atoms with van der Waals surface area (Å²) in [6, 6.07) is 5.95. The minimum absolute atomic E-state index is 0.193. The molecule has 0 saturated heterocycles. The van der Waals surface area contributed by atoms with Gasteiger partial charge in [-0.25, -0.2) is 0 Å². The third-order valence-corrected chi connectivity index (χ3v) is 3.59. The molecular weight excluding hydrogens is 216 g/mol. The Labute approximate surface area is 101 Å². The van der Waals surface area contributed by atoms with Gasteiger partial charge in [-0.15, -0.1) is 0 Å². The highest BCUT2D eigenvalue weighted by atomic mass is 16.5. The summed E-state index contributed by atoms with van der Waals surface area (Å²) in [6.07, 6.45) is 1.49. The smallest absolute Gasteiger partial charge is 0.308 e. The van der Waals surface area contributed by atoms with Crippen LogP contribution in [-0.4, -0.2) is 18.2 Å². The number of hydrogen-bond acceptors (Lipinski definition) is 3. The van der Waals surface area contributed by atoms with Crippen molar-refractivity contribution in [1.29, 1.82) is 0 Å². The summed E-state index contributed by atoms with van der Waals surface area (Å²) >= 11 is 0. The summed E-state index contributed by atoms with van der Waals surface area (Å²) < 4.78 is 4.77. The van der Waals surface area contributed by atoms with Crippen LogP contribution >= 0.6 is 0 Å². The molecular formula is C14H18O3. The van der Waals surface area contributed by atoms with Crippen LogP contribution in [0.2, 0.25) is 0 Å². The minimum atomic E-state index is -0.559. The van der Waals surface area contributed by atoms with Gasteiger partial charge in [0.1, 0.15) is 0 Å². The SMILES string of the molecule is COC(=O)[C@H]1CCc2c(C)cccc2[C@H](O)C1. The summed E-state index contributed by atoms with van der Waals surface area (Å²) in [5, 5.41) is 10.2. The summed E-state index contributed by atoms with van der Waals surface area (Å²) in [7, 11) is 1.40. The van der Waals surface area contributed by atoms with E-state index >= 15 is 0 Å². The summed E-state index contributed by atoms with van der Waals surface area (Å²) in [4.78, 5) is 11.6. The van der Waals surface area contributed by atoms with Crippen LogP contribution in [0, 0.1) is 12.8 Å². The molecule has 17 heavy (non-hydrogen) atoms. The standard InChI is InChI=1S/C14H18O3/c1-9-4-3-5-12-11(9)7-6-10(8-13(12)15)14(16)17-2/h3-5,10,13,15H,6-8H2,1-2H3/t10-,13+/m0/s1. The van der Waals surface area contributed by atoms with E-state index in [4.69, 9.17) is 4.74 Å². The Balaban J connectivity index is 2.29.